The number of amides is 1. The zero-order chi connectivity index (χ0) is 21.8. The topological polar surface area (TPSA) is 86.2 Å². The number of aromatic nitrogens is 3. The predicted octanol–water partition coefficient (Wildman–Crippen LogP) is 5.15. The molecule has 10 heteroatoms. The Balaban J connectivity index is 1.51. The number of halogens is 1. The molecule has 0 aliphatic carbocycles. The molecule has 0 bridgehead atoms. The standard InChI is InChI=1S/C21H17ClN4O3S2/c1-28-14-6-3-12(4-7-14)18-19-20(31-26-18)21(24-11-23-19)30-10-17(27)25-15-9-13(22)5-8-16(15)29-2/h3-9,11H,10H2,1-2H3,(H,25,27). The molecule has 0 aliphatic heterocycles. The van der Waals surface area contributed by atoms with Crippen LogP contribution in [-0.4, -0.2) is 40.2 Å². The number of nitrogens with zero attached hydrogens (tertiary/aromatic N) is 3. The summed E-state index contributed by atoms with van der Waals surface area (Å²) in [6, 6.07) is 12.7. The van der Waals surface area contributed by atoms with E-state index < -0.39 is 0 Å². The van der Waals surface area contributed by atoms with Crippen LogP contribution in [0.2, 0.25) is 5.02 Å². The number of rotatable bonds is 7. The molecule has 0 saturated heterocycles. The fourth-order valence-electron chi connectivity index (χ4n) is 2.88. The number of hydrogen-bond acceptors (Lipinski definition) is 8. The van der Waals surface area contributed by atoms with Crippen molar-refractivity contribution < 1.29 is 14.3 Å². The number of hydrogen-bond donors (Lipinski definition) is 1. The number of anilines is 1. The second-order valence-corrected chi connectivity index (χ2v) is 8.47. The van der Waals surface area contributed by atoms with Gasteiger partial charge in [-0.15, -0.1) is 0 Å². The quantitative estimate of drug-likeness (QED) is 0.294. The molecule has 1 N–H and O–H groups in total. The third kappa shape index (κ3) is 4.73. The van der Waals surface area contributed by atoms with Crippen molar-refractivity contribution in [2.24, 2.45) is 0 Å². The Morgan fingerprint density at radius 2 is 1.94 bits per heavy atom. The zero-order valence-corrected chi connectivity index (χ0v) is 19.0. The van der Waals surface area contributed by atoms with Crippen LogP contribution in [0.1, 0.15) is 0 Å². The largest absolute Gasteiger partial charge is 0.497 e. The lowest BCUT2D eigenvalue weighted by molar-refractivity contribution is -0.113. The van der Waals surface area contributed by atoms with Crippen LogP contribution < -0.4 is 14.8 Å². The Hall–Kier alpha value is -2.88. The maximum Gasteiger partial charge on any atom is 0.234 e. The summed E-state index contributed by atoms with van der Waals surface area (Å²) in [5.41, 5.74) is 2.99. The summed E-state index contributed by atoms with van der Waals surface area (Å²) in [4.78, 5) is 21.2. The van der Waals surface area contributed by atoms with Gasteiger partial charge in [0.05, 0.1) is 25.7 Å². The lowest BCUT2D eigenvalue weighted by Gasteiger charge is -2.10. The predicted molar refractivity (Wildman–Crippen MR) is 125 cm³/mol. The first-order valence-electron chi connectivity index (χ1n) is 9.10. The molecule has 31 heavy (non-hydrogen) atoms. The molecule has 2 aromatic carbocycles. The highest BCUT2D eigenvalue weighted by Gasteiger charge is 2.16. The molecule has 0 atom stereocenters. The zero-order valence-electron chi connectivity index (χ0n) is 16.6. The van der Waals surface area contributed by atoms with Gasteiger partial charge in [0.1, 0.15) is 38.8 Å². The van der Waals surface area contributed by atoms with Gasteiger partial charge in [-0.2, -0.15) is 4.37 Å². The second-order valence-electron chi connectivity index (χ2n) is 6.30. The van der Waals surface area contributed by atoms with Crippen LogP contribution in [-0.2, 0) is 4.79 Å². The second kappa shape index (κ2) is 9.51. The molecule has 0 unspecified atom stereocenters. The van der Waals surface area contributed by atoms with Crippen molar-refractivity contribution >= 4 is 56.7 Å². The Morgan fingerprint density at radius 1 is 1.13 bits per heavy atom. The van der Waals surface area contributed by atoms with E-state index in [1.54, 1.807) is 25.3 Å². The number of carbonyl (C=O) groups is 1. The highest BCUT2D eigenvalue weighted by atomic mass is 35.5. The van der Waals surface area contributed by atoms with Gasteiger partial charge in [-0.05, 0) is 54.0 Å². The van der Waals surface area contributed by atoms with Gasteiger partial charge in [-0.3, -0.25) is 4.79 Å². The lowest BCUT2D eigenvalue weighted by Crippen LogP contribution is -2.14. The van der Waals surface area contributed by atoms with E-state index in [1.807, 2.05) is 24.3 Å². The first-order chi connectivity index (χ1) is 15.1. The summed E-state index contributed by atoms with van der Waals surface area (Å²) < 4.78 is 15.9. The maximum absolute atomic E-state index is 12.5. The molecule has 2 aromatic heterocycles. The minimum absolute atomic E-state index is 0.164. The van der Waals surface area contributed by atoms with Crippen LogP contribution in [0.4, 0.5) is 5.69 Å². The van der Waals surface area contributed by atoms with E-state index in [2.05, 4.69) is 19.7 Å². The van der Waals surface area contributed by atoms with Gasteiger partial charge in [0, 0.05) is 10.6 Å². The number of carbonyl (C=O) groups excluding carboxylic acids is 1. The van der Waals surface area contributed by atoms with Crippen LogP contribution in [0.3, 0.4) is 0 Å². The molecule has 0 radical (unpaired) electrons. The molecule has 2 heterocycles. The number of nitrogens with one attached hydrogen (secondary N) is 1. The molecular formula is C21H17ClN4O3S2. The van der Waals surface area contributed by atoms with Gasteiger partial charge in [-0.1, -0.05) is 23.4 Å². The maximum atomic E-state index is 12.5. The van der Waals surface area contributed by atoms with Crippen LogP contribution in [0.5, 0.6) is 11.5 Å². The van der Waals surface area contributed by atoms with Crippen molar-refractivity contribution in [1.29, 1.82) is 0 Å². The van der Waals surface area contributed by atoms with Crippen molar-refractivity contribution in [3.63, 3.8) is 0 Å². The van der Waals surface area contributed by atoms with E-state index in [1.165, 1.54) is 36.7 Å². The van der Waals surface area contributed by atoms with E-state index in [-0.39, 0.29) is 11.7 Å². The van der Waals surface area contributed by atoms with Crippen molar-refractivity contribution in [1.82, 2.24) is 14.3 Å². The Kier molecular flexibility index (Phi) is 6.55. The van der Waals surface area contributed by atoms with Gasteiger partial charge in [-0.25, -0.2) is 9.97 Å². The molecule has 1 amide bonds. The molecular weight excluding hydrogens is 456 g/mol. The minimum Gasteiger partial charge on any atom is -0.497 e. The van der Waals surface area contributed by atoms with Gasteiger partial charge in [0.2, 0.25) is 5.91 Å². The van der Waals surface area contributed by atoms with Crippen molar-refractivity contribution in [2.45, 2.75) is 5.03 Å². The molecule has 7 nitrogen and oxygen atoms in total. The molecule has 0 aliphatic rings. The number of ether oxygens (including phenoxy) is 2. The number of benzene rings is 2. The van der Waals surface area contributed by atoms with Crippen LogP contribution >= 0.6 is 34.9 Å². The average Bonchev–Trinajstić information content (AvgIpc) is 3.23. The Labute approximate surface area is 191 Å². The van der Waals surface area contributed by atoms with E-state index in [9.17, 15) is 4.79 Å². The summed E-state index contributed by atoms with van der Waals surface area (Å²) >= 11 is 8.66. The lowest BCUT2D eigenvalue weighted by atomic mass is 10.1. The van der Waals surface area contributed by atoms with Gasteiger partial charge in [0.15, 0.2) is 0 Å². The van der Waals surface area contributed by atoms with Crippen molar-refractivity contribution in [3.8, 4) is 22.8 Å². The van der Waals surface area contributed by atoms with E-state index in [0.29, 0.717) is 21.5 Å². The first kappa shape index (κ1) is 21.4. The summed E-state index contributed by atoms with van der Waals surface area (Å²) in [5.74, 6) is 1.28. The van der Waals surface area contributed by atoms with E-state index in [4.69, 9.17) is 21.1 Å². The van der Waals surface area contributed by atoms with Crippen LogP contribution in [0.25, 0.3) is 21.5 Å². The number of thioether (sulfide) groups is 1. The minimum atomic E-state index is -0.197. The normalized spacial score (nSPS) is 10.8. The van der Waals surface area contributed by atoms with Gasteiger partial charge < -0.3 is 14.8 Å². The Bertz CT molecular complexity index is 1230. The summed E-state index contributed by atoms with van der Waals surface area (Å²) in [6.07, 6.45) is 1.49. The van der Waals surface area contributed by atoms with E-state index >= 15 is 0 Å². The molecule has 0 spiro atoms. The molecule has 4 aromatic rings. The van der Waals surface area contributed by atoms with Crippen LogP contribution in [0, 0.1) is 0 Å². The molecule has 4 rings (SSSR count). The number of fused-ring (bicyclic) bond motifs is 1. The SMILES string of the molecule is COc1ccc(-c2nsc3c(SCC(=O)Nc4cc(Cl)ccc4OC)ncnc23)cc1. The Morgan fingerprint density at radius 3 is 2.68 bits per heavy atom. The fourth-order valence-corrected chi connectivity index (χ4v) is 4.77. The first-order valence-corrected chi connectivity index (χ1v) is 11.2. The van der Waals surface area contributed by atoms with Crippen molar-refractivity contribution in [3.05, 3.63) is 53.8 Å². The monoisotopic (exact) mass is 472 g/mol. The number of methoxy groups -OCH3 is 2. The summed E-state index contributed by atoms with van der Waals surface area (Å²) in [5, 5.41) is 4.04. The third-order valence-corrected chi connectivity index (χ3v) is 6.56. The average molecular weight is 473 g/mol. The summed E-state index contributed by atoms with van der Waals surface area (Å²) in [7, 11) is 3.16. The molecule has 0 saturated carbocycles. The highest BCUT2D eigenvalue weighted by Crippen LogP contribution is 2.35. The van der Waals surface area contributed by atoms with E-state index in [0.717, 1.165) is 27.2 Å². The molecule has 158 valence electrons. The highest BCUT2D eigenvalue weighted by molar-refractivity contribution is 8.00. The van der Waals surface area contributed by atoms with Gasteiger partial charge in [0.25, 0.3) is 0 Å². The fraction of sp³-hybridized carbons (Fsp3) is 0.143. The summed E-state index contributed by atoms with van der Waals surface area (Å²) in [6.45, 7) is 0. The van der Waals surface area contributed by atoms with Crippen molar-refractivity contribution in [2.75, 3.05) is 25.3 Å². The van der Waals surface area contributed by atoms with Gasteiger partial charge >= 0.3 is 0 Å². The molecule has 0 fully saturated rings. The smallest absolute Gasteiger partial charge is 0.234 e. The third-order valence-electron chi connectivity index (χ3n) is 4.36. The van der Waals surface area contributed by atoms with Crippen LogP contribution in [0.15, 0.2) is 53.8 Å².